The first-order valence-corrected chi connectivity index (χ1v) is 7.29. The Morgan fingerprint density at radius 2 is 2.28 bits per heavy atom. The first kappa shape index (κ1) is 13.7. The zero-order chi connectivity index (χ0) is 13.1. The van der Waals surface area contributed by atoms with Crippen molar-refractivity contribution in [1.82, 2.24) is 9.78 Å². The number of halogens is 2. The largest absolute Gasteiger partial charge is 0.378 e. The molecule has 1 unspecified atom stereocenters. The predicted molar refractivity (Wildman–Crippen MR) is 84.1 cm³/mol. The summed E-state index contributed by atoms with van der Waals surface area (Å²) in [6.45, 7) is 5.10. The van der Waals surface area contributed by atoms with Crippen molar-refractivity contribution in [3.8, 4) is 0 Å². The Balaban J connectivity index is 2.13. The summed E-state index contributed by atoms with van der Waals surface area (Å²) in [6.07, 6.45) is 3.98. The van der Waals surface area contributed by atoms with E-state index in [-0.39, 0.29) is 6.04 Å². The van der Waals surface area contributed by atoms with Crippen LogP contribution in [0, 0.1) is 3.57 Å². The summed E-state index contributed by atoms with van der Waals surface area (Å²) >= 11 is 8.23. The van der Waals surface area contributed by atoms with E-state index < -0.39 is 0 Å². The molecule has 0 fully saturated rings. The molecule has 96 valence electrons. The van der Waals surface area contributed by atoms with Crippen LogP contribution in [-0.2, 0) is 6.54 Å². The minimum atomic E-state index is 0.222. The van der Waals surface area contributed by atoms with Crippen molar-refractivity contribution in [2.75, 3.05) is 5.32 Å². The van der Waals surface area contributed by atoms with Gasteiger partial charge in [-0.25, -0.2) is 0 Å². The quantitative estimate of drug-likeness (QED) is 0.806. The van der Waals surface area contributed by atoms with Gasteiger partial charge in [0.2, 0.25) is 0 Å². The molecule has 1 atom stereocenters. The van der Waals surface area contributed by atoms with E-state index >= 15 is 0 Å². The third-order valence-electron chi connectivity index (χ3n) is 2.78. The lowest BCUT2D eigenvalue weighted by atomic mass is 10.2. The van der Waals surface area contributed by atoms with Crippen LogP contribution in [0.1, 0.15) is 25.5 Å². The van der Waals surface area contributed by atoms with Crippen molar-refractivity contribution >= 4 is 39.9 Å². The average molecular weight is 376 g/mol. The standard InChI is InChI=1S/C13H15ClIN3/c1-3-18-8-10(7-16-18)9(2)17-13-5-4-11(14)6-12(13)15/h4-9,17H,3H2,1-2H3. The summed E-state index contributed by atoms with van der Waals surface area (Å²) in [5, 5.41) is 8.52. The van der Waals surface area contributed by atoms with E-state index in [0.29, 0.717) is 0 Å². The normalized spacial score (nSPS) is 12.4. The molecule has 0 radical (unpaired) electrons. The maximum absolute atomic E-state index is 5.95. The molecule has 1 aromatic heterocycles. The van der Waals surface area contributed by atoms with Crippen LogP contribution in [0.3, 0.4) is 0 Å². The SMILES string of the molecule is CCn1cc(C(C)Nc2ccc(Cl)cc2I)cn1. The van der Waals surface area contributed by atoms with E-state index in [1.807, 2.05) is 29.1 Å². The predicted octanol–water partition coefficient (Wildman–Crippen LogP) is 4.33. The molecule has 0 saturated heterocycles. The lowest BCUT2D eigenvalue weighted by Crippen LogP contribution is -2.07. The first-order valence-electron chi connectivity index (χ1n) is 5.84. The fraction of sp³-hybridized carbons (Fsp3) is 0.308. The fourth-order valence-corrected chi connectivity index (χ4v) is 2.73. The van der Waals surface area contributed by atoms with E-state index in [1.54, 1.807) is 0 Å². The van der Waals surface area contributed by atoms with Crippen molar-refractivity contribution < 1.29 is 0 Å². The second-order valence-electron chi connectivity index (χ2n) is 4.12. The number of aromatic nitrogens is 2. The Labute approximate surface area is 126 Å². The maximum Gasteiger partial charge on any atom is 0.0542 e. The Bertz CT molecular complexity index is 539. The molecule has 2 rings (SSSR count). The Morgan fingerprint density at radius 3 is 2.89 bits per heavy atom. The van der Waals surface area contributed by atoms with E-state index in [4.69, 9.17) is 11.6 Å². The highest BCUT2D eigenvalue weighted by molar-refractivity contribution is 14.1. The van der Waals surface area contributed by atoms with E-state index in [9.17, 15) is 0 Å². The number of aryl methyl sites for hydroxylation is 1. The van der Waals surface area contributed by atoms with Crippen LogP contribution in [-0.4, -0.2) is 9.78 Å². The minimum Gasteiger partial charge on any atom is -0.378 e. The van der Waals surface area contributed by atoms with Crippen LogP contribution in [0.4, 0.5) is 5.69 Å². The topological polar surface area (TPSA) is 29.9 Å². The highest BCUT2D eigenvalue weighted by Crippen LogP contribution is 2.26. The zero-order valence-electron chi connectivity index (χ0n) is 10.3. The van der Waals surface area contributed by atoms with Gasteiger partial charge in [0.15, 0.2) is 0 Å². The second kappa shape index (κ2) is 5.93. The van der Waals surface area contributed by atoms with E-state index in [2.05, 4.69) is 53.1 Å². The average Bonchev–Trinajstić information content (AvgIpc) is 2.81. The summed E-state index contributed by atoms with van der Waals surface area (Å²) < 4.78 is 3.05. The molecule has 0 aliphatic rings. The summed E-state index contributed by atoms with van der Waals surface area (Å²) in [5.41, 5.74) is 2.28. The third-order valence-corrected chi connectivity index (χ3v) is 3.91. The molecule has 0 amide bonds. The van der Waals surface area contributed by atoms with Gasteiger partial charge in [-0.15, -0.1) is 0 Å². The van der Waals surface area contributed by atoms with Crippen molar-refractivity contribution in [2.24, 2.45) is 0 Å². The molecular weight excluding hydrogens is 361 g/mol. The molecule has 0 bridgehead atoms. The summed E-state index contributed by atoms with van der Waals surface area (Å²) in [6, 6.07) is 6.08. The van der Waals surface area contributed by atoms with Crippen molar-refractivity contribution in [3.05, 3.63) is 44.7 Å². The first-order chi connectivity index (χ1) is 8.60. The molecule has 0 aliphatic carbocycles. The smallest absolute Gasteiger partial charge is 0.0542 e. The van der Waals surface area contributed by atoms with E-state index in [1.165, 1.54) is 5.56 Å². The molecule has 0 saturated carbocycles. The Morgan fingerprint density at radius 1 is 1.50 bits per heavy atom. The van der Waals surface area contributed by atoms with Gasteiger partial charge in [0.1, 0.15) is 0 Å². The molecule has 1 heterocycles. The number of anilines is 1. The van der Waals surface area contributed by atoms with Crippen molar-refractivity contribution in [3.63, 3.8) is 0 Å². The zero-order valence-corrected chi connectivity index (χ0v) is 13.2. The van der Waals surface area contributed by atoms with Gasteiger partial charge in [0.05, 0.1) is 12.2 Å². The number of hydrogen-bond acceptors (Lipinski definition) is 2. The molecule has 18 heavy (non-hydrogen) atoms. The van der Waals surface area contributed by atoms with Crippen LogP contribution in [0.15, 0.2) is 30.6 Å². The number of rotatable bonds is 4. The van der Waals surface area contributed by atoms with Crippen molar-refractivity contribution in [2.45, 2.75) is 26.4 Å². The molecule has 1 N–H and O–H groups in total. The lowest BCUT2D eigenvalue weighted by molar-refractivity contribution is 0.658. The maximum atomic E-state index is 5.95. The monoisotopic (exact) mass is 375 g/mol. The van der Waals surface area contributed by atoms with Gasteiger partial charge in [-0.3, -0.25) is 4.68 Å². The number of hydrogen-bond donors (Lipinski definition) is 1. The third kappa shape index (κ3) is 3.17. The highest BCUT2D eigenvalue weighted by atomic mass is 127. The molecule has 3 nitrogen and oxygen atoms in total. The van der Waals surface area contributed by atoms with E-state index in [0.717, 1.165) is 20.8 Å². The Hall–Kier alpha value is -0.750. The highest BCUT2D eigenvalue weighted by Gasteiger charge is 2.09. The van der Waals surface area contributed by atoms with Crippen LogP contribution >= 0.6 is 34.2 Å². The lowest BCUT2D eigenvalue weighted by Gasteiger charge is -2.15. The number of nitrogens with zero attached hydrogens (tertiary/aromatic N) is 2. The molecule has 2 aromatic rings. The second-order valence-corrected chi connectivity index (χ2v) is 5.72. The van der Waals surface area contributed by atoms with Crippen molar-refractivity contribution in [1.29, 1.82) is 0 Å². The van der Waals surface area contributed by atoms with Crippen LogP contribution in [0.5, 0.6) is 0 Å². The molecule has 1 aromatic carbocycles. The molecule has 5 heteroatoms. The fourth-order valence-electron chi connectivity index (χ4n) is 1.70. The van der Waals surface area contributed by atoms with Gasteiger partial charge in [0.25, 0.3) is 0 Å². The Kier molecular flexibility index (Phi) is 4.50. The van der Waals surface area contributed by atoms with Gasteiger partial charge < -0.3 is 5.32 Å². The van der Waals surface area contributed by atoms with Crippen LogP contribution in [0.25, 0.3) is 0 Å². The molecular formula is C13H15ClIN3. The van der Waals surface area contributed by atoms with Gasteiger partial charge in [-0.1, -0.05) is 11.6 Å². The number of benzene rings is 1. The van der Waals surface area contributed by atoms with Crippen LogP contribution < -0.4 is 5.32 Å². The summed E-state index contributed by atoms with van der Waals surface area (Å²) in [5.74, 6) is 0. The van der Waals surface area contributed by atoms with Crippen LogP contribution in [0.2, 0.25) is 5.02 Å². The summed E-state index contributed by atoms with van der Waals surface area (Å²) in [4.78, 5) is 0. The molecule has 0 spiro atoms. The molecule has 0 aliphatic heterocycles. The van der Waals surface area contributed by atoms with Gasteiger partial charge in [-0.2, -0.15) is 5.10 Å². The minimum absolute atomic E-state index is 0.222. The number of nitrogens with one attached hydrogen (secondary N) is 1. The van der Waals surface area contributed by atoms with Gasteiger partial charge in [0, 0.05) is 32.6 Å². The van der Waals surface area contributed by atoms with Gasteiger partial charge in [-0.05, 0) is 54.6 Å². The summed E-state index contributed by atoms with van der Waals surface area (Å²) in [7, 11) is 0. The van der Waals surface area contributed by atoms with Gasteiger partial charge >= 0.3 is 0 Å².